The van der Waals surface area contributed by atoms with Gasteiger partial charge in [0.15, 0.2) is 0 Å². The first-order valence-electron chi connectivity index (χ1n) is 10.3. The van der Waals surface area contributed by atoms with Gasteiger partial charge in [0.1, 0.15) is 0 Å². The molecule has 0 spiro atoms. The Morgan fingerprint density at radius 3 is 2.70 bits per heavy atom. The fourth-order valence-electron chi connectivity index (χ4n) is 4.06. The van der Waals surface area contributed by atoms with Gasteiger partial charge in [-0.2, -0.15) is 0 Å². The van der Waals surface area contributed by atoms with E-state index in [9.17, 15) is 13.2 Å². The number of carbonyl (C=O) groups excluding carboxylic acids is 1. The summed E-state index contributed by atoms with van der Waals surface area (Å²) in [4.78, 5) is 12.9. The van der Waals surface area contributed by atoms with Gasteiger partial charge in [0, 0.05) is 18.1 Å². The number of piperidine rings is 1. The molecule has 1 aliphatic heterocycles. The van der Waals surface area contributed by atoms with Crippen LogP contribution in [0.25, 0.3) is 0 Å². The average Bonchev–Trinajstić information content (AvgIpc) is 2.67. The van der Waals surface area contributed by atoms with Crippen LogP contribution < -0.4 is 5.32 Å². The van der Waals surface area contributed by atoms with Gasteiger partial charge in [-0.25, -0.2) is 12.7 Å². The number of sulfonamides is 1. The molecular formula is C23H29ClN2O3S. The zero-order chi connectivity index (χ0) is 21.9. The van der Waals surface area contributed by atoms with Crippen LogP contribution in [-0.4, -0.2) is 31.7 Å². The molecule has 0 radical (unpaired) electrons. The third kappa shape index (κ3) is 5.62. The van der Waals surface area contributed by atoms with E-state index in [1.54, 1.807) is 24.3 Å². The molecule has 2 aromatic rings. The predicted molar refractivity (Wildman–Crippen MR) is 121 cm³/mol. The lowest BCUT2D eigenvalue weighted by molar-refractivity contribution is -0.126. The molecule has 1 N–H and O–H groups in total. The molecule has 0 saturated carbocycles. The molecule has 0 bridgehead atoms. The Morgan fingerprint density at radius 1 is 1.23 bits per heavy atom. The van der Waals surface area contributed by atoms with E-state index in [1.165, 1.54) is 9.87 Å². The normalized spacial score (nSPS) is 18.7. The lowest BCUT2D eigenvalue weighted by atomic mass is 9.96. The smallest absolute Gasteiger partial charge is 0.224 e. The van der Waals surface area contributed by atoms with Crippen LogP contribution in [0.3, 0.4) is 0 Å². The number of carbonyl (C=O) groups is 1. The van der Waals surface area contributed by atoms with Crippen LogP contribution in [0, 0.1) is 19.8 Å². The molecule has 0 aliphatic carbocycles. The summed E-state index contributed by atoms with van der Waals surface area (Å²) in [5.74, 6) is -0.549. The van der Waals surface area contributed by atoms with E-state index in [0.29, 0.717) is 30.0 Å². The Bertz CT molecular complexity index is 1020. The quantitative estimate of drug-likeness (QED) is 0.713. The maximum absolute atomic E-state index is 12.9. The zero-order valence-corrected chi connectivity index (χ0v) is 19.3. The van der Waals surface area contributed by atoms with Crippen molar-refractivity contribution in [3.8, 4) is 0 Å². The van der Waals surface area contributed by atoms with E-state index in [-0.39, 0.29) is 30.2 Å². The minimum atomic E-state index is -3.52. The second-order valence-electron chi connectivity index (χ2n) is 8.17. The second kappa shape index (κ2) is 9.50. The second-order valence-corrected chi connectivity index (χ2v) is 10.6. The number of aryl methyl sites for hydroxylation is 2. The lowest BCUT2D eigenvalue weighted by Crippen LogP contribution is -2.46. The van der Waals surface area contributed by atoms with Crippen molar-refractivity contribution in [1.82, 2.24) is 9.62 Å². The van der Waals surface area contributed by atoms with Crippen LogP contribution >= 0.6 is 11.6 Å². The van der Waals surface area contributed by atoms with Crippen LogP contribution in [0.15, 0.2) is 42.5 Å². The largest absolute Gasteiger partial charge is 0.349 e. The number of amides is 1. The molecule has 1 heterocycles. The summed E-state index contributed by atoms with van der Waals surface area (Å²) >= 11 is 5.98. The molecule has 3 rings (SSSR count). The highest BCUT2D eigenvalue weighted by Gasteiger charge is 2.33. The highest BCUT2D eigenvalue weighted by Crippen LogP contribution is 2.24. The third-order valence-electron chi connectivity index (χ3n) is 5.64. The molecule has 2 atom stereocenters. The summed E-state index contributed by atoms with van der Waals surface area (Å²) in [6, 6.07) is 12.9. The average molecular weight is 449 g/mol. The predicted octanol–water partition coefficient (Wildman–Crippen LogP) is 4.38. The highest BCUT2D eigenvalue weighted by molar-refractivity contribution is 7.88. The van der Waals surface area contributed by atoms with Gasteiger partial charge in [0.25, 0.3) is 0 Å². The van der Waals surface area contributed by atoms with Crippen LogP contribution in [0.2, 0.25) is 5.02 Å². The number of nitrogens with zero attached hydrogens (tertiary/aromatic N) is 1. The topological polar surface area (TPSA) is 66.5 Å². The first-order chi connectivity index (χ1) is 14.2. The first kappa shape index (κ1) is 22.8. The monoisotopic (exact) mass is 448 g/mol. The van der Waals surface area contributed by atoms with E-state index in [2.05, 4.69) is 11.4 Å². The van der Waals surface area contributed by atoms with Gasteiger partial charge in [0.05, 0.1) is 17.7 Å². The van der Waals surface area contributed by atoms with Crippen molar-refractivity contribution in [3.63, 3.8) is 0 Å². The van der Waals surface area contributed by atoms with Crippen molar-refractivity contribution in [3.05, 3.63) is 69.7 Å². The zero-order valence-electron chi connectivity index (χ0n) is 17.7. The maximum Gasteiger partial charge on any atom is 0.224 e. The summed E-state index contributed by atoms with van der Waals surface area (Å²) in [7, 11) is -3.52. The summed E-state index contributed by atoms with van der Waals surface area (Å²) in [6.45, 7) is 6.70. The van der Waals surface area contributed by atoms with Crippen molar-refractivity contribution < 1.29 is 13.2 Å². The number of nitrogens with one attached hydrogen (secondary N) is 1. The van der Waals surface area contributed by atoms with Gasteiger partial charge >= 0.3 is 0 Å². The fourth-order valence-corrected chi connectivity index (χ4v) is 5.87. The van der Waals surface area contributed by atoms with E-state index in [0.717, 1.165) is 11.1 Å². The number of benzene rings is 2. The fraction of sp³-hybridized carbons (Fsp3) is 0.435. The van der Waals surface area contributed by atoms with Gasteiger partial charge in [-0.3, -0.25) is 4.79 Å². The molecule has 0 aromatic heterocycles. The van der Waals surface area contributed by atoms with Gasteiger partial charge in [0.2, 0.25) is 15.9 Å². The molecule has 162 valence electrons. The Kier molecular flexibility index (Phi) is 7.22. The molecule has 1 saturated heterocycles. The summed E-state index contributed by atoms with van der Waals surface area (Å²) in [6.07, 6.45) is 1.36. The van der Waals surface area contributed by atoms with E-state index < -0.39 is 10.0 Å². The molecule has 1 amide bonds. The molecule has 1 aliphatic rings. The van der Waals surface area contributed by atoms with E-state index >= 15 is 0 Å². The number of rotatable bonds is 6. The standard InChI is InChI=1S/C23H29ClN2O3S/c1-16-9-10-22(17(2)12-16)18(3)25-23(27)20-7-5-11-26(14-20)30(28,29)15-19-6-4-8-21(24)13-19/h4,6,8-10,12-13,18,20H,5,7,11,14-15H2,1-3H3,(H,25,27). The van der Waals surface area contributed by atoms with Crippen molar-refractivity contribution in [2.45, 2.75) is 45.4 Å². The summed E-state index contributed by atoms with van der Waals surface area (Å²) in [5.41, 5.74) is 4.05. The lowest BCUT2D eigenvalue weighted by Gasteiger charge is -2.32. The van der Waals surface area contributed by atoms with Gasteiger partial charge in [-0.05, 0) is 62.4 Å². The SMILES string of the molecule is Cc1ccc(C(C)NC(=O)C2CCCN(S(=O)(=O)Cc3cccc(Cl)c3)C2)c(C)c1. The summed E-state index contributed by atoms with van der Waals surface area (Å²) < 4.78 is 27.3. The molecule has 30 heavy (non-hydrogen) atoms. The minimum absolute atomic E-state index is 0.0925. The molecule has 2 unspecified atom stereocenters. The van der Waals surface area contributed by atoms with E-state index in [4.69, 9.17) is 11.6 Å². The molecule has 1 fully saturated rings. The highest BCUT2D eigenvalue weighted by atomic mass is 35.5. The van der Waals surface area contributed by atoms with Crippen molar-refractivity contribution >= 4 is 27.5 Å². The molecule has 2 aromatic carbocycles. The summed E-state index contributed by atoms with van der Waals surface area (Å²) in [5, 5.41) is 3.59. The minimum Gasteiger partial charge on any atom is -0.349 e. The number of hydrogen-bond acceptors (Lipinski definition) is 3. The van der Waals surface area contributed by atoms with Crippen LogP contribution in [-0.2, 0) is 20.6 Å². The van der Waals surface area contributed by atoms with Crippen molar-refractivity contribution in [2.75, 3.05) is 13.1 Å². The Labute approximate surface area is 184 Å². The third-order valence-corrected chi connectivity index (χ3v) is 7.69. The Morgan fingerprint density at radius 2 is 2.00 bits per heavy atom. The molecule has 7 heteroatoms. The number of hydrogen-bond donors (Lipinski definition) is 1. The van der Waals surface area contributed by atoms with Gasteiger partial charge < -0.3 is 5.32 Å². The molecular weight excluding hydrogens is 420 g/mol. The molecule has 5 nitrogen and oxygen atoms in total. The Hall–Kier alpha value is -1.89. The number of halogens is 1. The Balaban J connectivity index is 1.65. The van der Waals surface area contributed by atoms with Crippen molar-refractivity contribution in [1.29, 1.82) is 0 Å². The maximum atomic E-state index is 12.9. The first-order valence-corrected chi connectivity index (χ1v) is 12.2. The van der Waals surface area contributed by atoms with Crippen LogP contribution in [0.4, 0.5) is 0 Å². The van der Waals surface area contributed by atoms with Crippen LogP contribution in [0.5, 0.6) is 0 Å². The van der Waals surface area contributed by atoms with Crippen molar-refractivity contribution in [2.24, 2.45) is 5.92 Å². The van der Waals surface area contributed by atoms with E-state index in [1.807, 2.05) is 32.9 Å². The van der Waals surface area contributed by atoms with Gasteiger partial charge in [-0.1, -0.05) is 47.5 Å². The van der Waals surface area contributed by atoms with Crippen LogP contribution in [0.1, 0.15) is 48.1 Å². The van der Waals surface area contributed by atoms with Gasteiger partial charge in [-0.15, -0.1) is 0 Å².